The van der Waals surface area contributed by atoms with E-state index in [1.54, 1.807) is 41.3 Å². The fourth-order valence-corrected chi connectivity index (χ4v) is 3.28. The van der Waals surface area contributed by atoms with Crippen LogP contribution >= 0.6 is 23.2 Å². The number of rotatable bonds is 4. The number of hydrogen-bond acceptors (Lipinski definition) is 4. The first kappa shape index (κ1) is 17.5. The van der Waals surface area contributed by atoms with E-state index in [0.717, 1.165) is 5.82 Å². The van der Waals surface area contributed by atoms with E-state index in [1.165, 1.54) is 6.20 Å². The number of nitrogens with one attached hydrogen (secondary N) is 2. The first-order chi connectivity index (χ1) is 13.0. The molecule has 0 atom stereocenters. The molecule has 3 heterocycles. The number of aryl methyl sites for hydroxylation is 1. The molecule has 0 unspecified atom stereocenters. The SMILES string of the molecule is Cc1nn(Cc2ncc[nH]2)c2ncc(C(=O)Nc3ccc(Cl)cc3)c(Cl)c12. The molecule has 0 aliphatic carbocycles. The third-order valence-corrected chi connectivity index (χ3v) is 4.72. The van der Waals surface area contributed by atoms with Gasteiger partial charge in [-0.2, -0.15) is 5.10 Å². The fraction of sp³-hybridized carbons (Fsp3) is 0.111. The molecule has 0 aliphatic rings. The van der Waals surface area contributed by atoms with Gasteiger partial charge in [-0.1, -0.05) is 23.2 Å². The van der Waals surface area contributed by atoms with Gasteiger partial charge in [0.2, 0.25) is 0 Å². The van der Waals surface area contributed by atoms with E-state index in [0.29, 0.717) is 39.0 Å². The van der Waals surface area contributed by atoms with Gasteiger partial charge in [0, 0.05) is 29.3 Å². The molecule has 7 nitrogen and oxygen atoms in total. The number of benzene rings is 1. The highest BCUT2D eigenvalue weighted by molar-refractivity contribution is 6.39. The van der Waals surface area contributed by atoms with Gasteiger partial charge in [-0.25, -0.2) is 14.6 Å². The summed E-state index contributed by atoms with van der Waals surface area (Å²) >= 11 is 12.4. The summed E-state index contributed by atoms with van der Waals surface area (Å²) < 4.78 is 1.70. The van der Waals surface area contributed by atoms with E-state index in [2.05, 4.69) is 25.4 Å². The Labute approximate surface area is 164 Å². The number of fused-ring (bicyclic) bond motifs is 1. The number of H-pyrrole nitrogens is 1. The molecule has 0 saturated heterocycles. The lowest BCUT2D eigenvalue weighted by molar-refractivity contribution is 0.102. The Hall–Kier alpha value is -2.90. The normalized spacial score (nSPS) is 11.1. The molecule has 1 amide bonds. The minimum Gasteiger partial charge on any atom is -0.347 e. The zero-order chi connectivity index (χ0) is 19.0. The zero-order valence-electron chi connectivity index (χ0n) is 14.2. The van der Waals surface area contributed by atoms with Crippen molar-refractivity contribution in [2.45, 2.75) is 13.5 Å². The molecule has 27 heavy (non-hydrogen) atoms. The smallest absolute Gasteiger partial charge is 0.258 e. The Bertz CT molecular complexity index is 1120. The Kier molecular flexibility index (Phi) is 4.55. The number of carbonyl (C=O) groups is 1. The molecule has 2 N–H and O–H groups in total. The average Bonchev–Trinajstić information content (AvgIpc) is 3.26. The molecule has 4 aromatic rings. The summed E-state index contributed by atoms with van der Waals surface area (Å²) in [4.78, 5) is 24.3. The summed E-state index contributed by atoms with van der Waals surface area (Å²) in [5.74, 6) is 0.400. The molecule has 4 rings (SSSR count). The molecule has 0 aliphatic heterocycles. The van der Waals surface area contributed by atoms with Gasteiger partial charge in [-0.3, -0.25) is 4.79 Å². The van der Waals surface area contributed by atoms with Crippen LogP contribution in [0.4, 0.5) is 5.69 Å². The van der Waals surface area contributed by atoms with Crippen LogP contribution < -0.4 is 5.32 Å². The second kappa shape index (κ2) is 7.02. The second-order valence-electron chi connectivity index (χ2n) is 5.92. The van der Waals surface area contributed by atoms with E-state index < -0.39 is 0 Å². The summed E-state index contributed by atoms with van der Waals surface area (Å²) in [7, 11) is 0. The third kappa shape index (κ3) is 3.39. The van der Waals surface area contributed by atoms with E-state index in [9.17, 15) is 4.79 Å². The van der Waals surface area contributed by atoms with Gasteiger partial charge < -0.3 is 10.3 Å². The number of pyridine rings is 1. The van der Waals surface area contributed by atoms with Crippen LogP contribution in [-0.2, 0) is 6.54 Å². The van der Waals surface area contributed by atoms with Gasteiger partial charge >= 0.3 is 0 Å². The molecular formula is C18H14Cl2N6O. The largest absolute Gasteiger partial charge is 0.347 e. The Morgan fingerprint density at radius 3 is 2.70 bits per heavy atom. The minimum absolute atomic E-state index is 0.278. The number of aromatic amines is 1. The van der Waals surface area contributed by atoms with Crippen LogP contribution in [0.2, 0.25) is 10.0 Å². The van der Waals surface area contributed by atoms with Crippen LogP contribution in [0.3, 0.4) is 0 Å². The molecule has 3 aromatic heterocycles. The second-order valence-corrected chi connectivity index (χ2v) is 6.74. The third-order valence-electron chi connectivity index (χ3n) is 4.07. The predicted octanol–water partition coefficient (Wildman–Crippen LogP) is 4.07. The van der Waals surface area contributed by atoms with Gasteiger partial charge in [0.05, 0.1) is 21.7 Å². The Morgan fingerprint density at radius 1 is 1.22 bits per heavy atom. The molecule has 0 fully saturated rings. The molecular weight excluding hydrogens is 387 g/mol. The summed E-state index contributed by atoms with van der Waals surface area (Å²) in [6.07, 6.45) is 4.87. The number of amides is 1. The van der Waals surface area contributed by atoms with Crippen molar-refractivity contribution in [3.8, 4) is 0 Å². The molecule has 136 valence electrons. The lowest BCUT2D eigenvalue weighted by Crippen LogP contribution is -2.13. The van der Waals surface area contributed by atoms with Crippen molar-refractivity contribution in [3.63, 3.8) is 0 Å². The molecule has 0 bridgehead atoms. The van der Waals surface area contributed by atoms with Crippen LogP contribution in [0.15, 0.2) is 42.9 Å². The van der Waals surface area contributed by atoms with Crippen LogP contribution in [0.5, 0.6) is 0 Å². The molecule has 9 heteroatoms. The average molecular weight is 401 g/mol. The topological polar surface area (TPSA) is 88.5 Å². The maximum atomic E-state index is 12.6. The zero-order valence-corrected chi connectivity index (χ0v) is 15.7. The summed E-state index contributed by atoms with van der Waals surface area (Å²) in [6.45, 7) is 2.26. The number of aromatic nitrogens is 5. The molecule has 0 saturated carbocycles. The molecule has 0 radical (unpaired) electrons. The quantitative estimate of drug-likeness (QED) is 0.540. The minimum atomic E-state index is -0.352. The highest BCUT2D eigenvalue weighted by Gasteiger charge is 2.20. The van der Waals surface area contributed by atoms with Gasteiger partial charge in [0.25, 0.3) is 5.91 Å². The number of hydrogen-bond donors (Lipinski definition) is 2. The summed E-state index contributed by atoms with van der Waals surface area (Å²) in [5.41, 5.74) is 2.18. The maximum Gasteiger partial charge on any atom is 0.258 e. The molecule has 1 aromatic carbocycles. The summed E-state index contributed by atoms with van der Waals surface area (Å²) in [5, 5.41) is 8.82. The van der Waals surface area contributed by atoms with Crippen molar-refractivity contribution in [1.29, 1.82) is 0 Å². The lowest BCUT2D eigenvalue weighted by Gasteiger charge is -2.08. The van der Waals surface area contributed by atoms with E-state index in [-0.39, 0.29) is 11.5 Å². The standard InChI is InChI=1S/C18H14Cl2N6O/c1-10-15-16(20)13(18(27)24-12-4-2-11(19)3-5-12)8-23-17(15)26(25-10)9-14-21-6-7-22-14/h2-8H,9H2,1H3,(H,21,22)(H,24,27). The first-order valence-corrected chi connectivity index (χ1v) is 8.85. The van der Waals surface area contributed by atoms with Crippen LogP contribution in [-0.4, -0.2) is 30.6 Å². The van der Waals surface area contributed by atoms with Crippen molar-refractivity contribution >= 4 is 45.8 Å². The van der Waals surface area contributed by atoms with Crippen molar-refractivity contribution in [1.82, 2.24) is 24.7 Å². The first-order valence-electron chi connectivity index (χ1n) is 8.09. The fourth-order valence-electron chi connectivity index (χ4n) is 2.80. The predicted molar refractivity (Wildman–Crippen MR) is 104 cm³/mol. The van der Waals surface area contributed by atoms with Crippen molar-refractivity contribution in [2.75, 3.05) is 5.32 Å². The highest BCUT2D eigenvalue weighted by atomic mass is 35.5. The maximum absolute atomic E-state index is 12.6. The van der Waals surface area contributed by atoms with Crippen molar-refractivity contribution in [2.24, 2.45) is 0 Å². The van der Waals surface area contributed by atoms with Gasteiger partial charge in [-0.15, -0.1) is 0 Å². The Morgan fingerprint density at radius 2 is 2.00 bits per heavy atom. The van der Waals surface area contributed by atoms with Gasteiger partial charge in [0.15, 0.2) is 5.65 Å². The van der Waals surface area contributed by atoms with Crippen LogP contribution in [0, 0.1) is 6.92 Å². The number of halogens is 2. The van der Waals surface area contributed by atoms with E-state index >= 15 is 0 Å². The Balaban J connectivity index is 1.68. The summed E-state index contributed by atoms with van der Waals surface area (Å²) in [6, 6.07) is 6.82. The molecule has 0 spiro atoms. The van der Waals surface area contributed by atoms with Crippen LogP contribution in [0.25, 0.3) is 11.0 Å². The number of anilines is 1. The number of nitrogens with zero attached hydrogens (tertiary/aromatic N) is 4. The van der Waals surface area contributed by atoms with E-state index in [4.69, 9.17) is 23.2 Å². The number of carbonyl (C=O) groups excluding carboxylic acids is 1. The highest BCUT2D eigenvalue weighted by Crippen LogP contribution is 2.29. The van der Waals surface area contributed by atoms with Crippen molar-refractivity contribution < 1.29 is 4.79 Å². The van der Waals surface area contributed by atoms with Gasteiger partial charge in [0.1, 0.15) is 12.4 Å². The van der Waals surface area contributed by atoms with E-state index in [1.807, 2.05) is 6.92 Å². The van der Waals surface area contributed by atoms with Crippen molar-refractivity contribution in [3.05, 3.63) is 70.0 Å². The number of imidazole rings is 1. The van der Waals surface area contributed by atoms with Crippen LogP contribution in [0.1, 0.15) is 21.9 Å². The monoisotopic (exact) mass is 400 g/mol. The lowest BCUT2D eigenvalue weighted by atomic mass is 10.2. The van der Waals surface area contributed by atoms with Gasteiger partial charge in [-0.05, 0) is 31.2 Å².